The van der Waals surface area contributed by atoms with Crippen LogP contribution >= 0.6 is 0 Å². The average molecular weight is 636 g/mol. The van der Waals surface area contributed by atoms with E-state index in [0.717, 1.165) is 106 Å². The van der Waals surface area contributed by atoms with Crippen LogP contribution in [0.4, 0.5) is 0 Å². The van der Waals surface area contributed by atoms with Crippen molar-refractivity contribution < 1.29 is 10.2 Å². The van der Waals surface area contributed by atoms with E-state index in [1.165, 1.54) is 0 Å². The molecule has 0 radical (unpaired) electrons. The fraction of sp³-hybridized carbons (Fsp3) is 0.462. The summed E-state index contributed by atoms with van der Waals surface area (Å²) in [5, 5.41) is 24.8. The van der Waals surface area contributed by atoms with Crippen molar-refractivity contribution in [2.75, 3.05) is 0 Å². The lowest BCUT2D eigenvalue weighted by Gasteiger charge is -2.13. The van der Waals surface area contributed by atoms with Crippen LogP contribution in [0.25, 0.3) is 44.1 Å². The van der Waals surface area contributed by atoms with Crippen LogP contribution in [-0.2, 0) is 6.54 Å². The summed E-state index contributed by atoms with van der Waals surface area (Å²) < 4.78 is 1.56. The Labute approximate surface area is 276 Å². The molecule has 3 aromatic heterocycles. The number of rotatable bonds is 8. The minimum absolute atomic E-state index is 0.0380. The van der Waals surface area contributed by atoms with Gasteiger partial charge in [0.15, 0.2) is 0 Å². The molecule has 0 spiro atoms. The van der Waals surface area contributed by atoms with Crippen molar-refractivity contribution >= 4 is 44.1 Å². The number of pyridine rings is 1. The third-order valence-electron chi connectivity index (χ3n) is 10.5. The first-order valence-corrected chi connectivity index (χ1v) is 17.4. The number of hydrogen-bond donors (Lipinski definition) is 4. The summed E-state index contributed by atoms with van der Waals surface area (Å²) in [6, 6.07) is 6.21. The molecule has 0 saturated heterocycles. The third-order valence-corrected chi connectivity index (χ3v) is 10.5. The predicted molar refractivity (Wildman–Crippen MR) is 193 cm³/mol. The van der Waals surface area contributed by atoms with Gasteiger partial charge in [-0.2, -0.15) is 0 Å². The van der Waals surface area contributed by atoms with Crippen molar-refractivity contribution in [3.8, 4) is 5.88 Å². The number of aromatic amines is 2. The maximum atomic E-state index is 14.2. The number of hydrogen-bond acceptors (Lipinski definition) is 5. The zero-order valence-corrected chi connectivity index (χ0v) is 29.2. The average Bonchev–Trinajstić information content (AvgIpc) is 3.71. The number of aryl methyl sites for hydroxylation is 1. The lowest BCUT2D eigenvalue weighted by molar-refractivity contribution is 0.407. The first kappa shape index (κ1) is 32.6. The molecule has 47 heavy (non-hydrogen) atoms. The molecule has 3 aromatic rings. The van der Waals surface area contributed by atoms with E-state index in [4.69, 9.17) is 9.97 Å². The molecule has 6 heterocycles. The number of nitrogens with one attached hydrogen (secondary N) is 2. The molecule has 0 fully saturated rings. The number of unbranched alkanes of at least 4 members (excludes halogenated alkanes) is 3. The van der Waals surface area contributed by atoms with Crippen molar-refractivity contribution in [3.63, 3.8) is 0 Å². The molecule has 248 valence electrons. The van der Waals surface area contributed by atoms with E-state index in [9.17, 15) is 15.0 Å². The number of fused-ring (bicyclic) bond motifs is 8. The molecular weight excluding hydrogens is 586 g/mol. The zero-order valence-electron chi connectivity index (χ0n) is 29.2. The molecular formula is C39H49N5O3. The highest BCUT2D eigenvalue weighted by Gasteiger charge is 2.29. The van der Waals surface area contributed by atoms with Crippen molar-refractivity contribution in [1.29, 1.82) is 0 Å². The van der Waals surface area contributed by atoms with Gasteiger partial charge in [-0.15, -0.1) is 0 Å². The standard InChI is InChI=1S/C39H49N5O3/c1-9-12-13-14-16-44-38(46)34-23(7)30-18-31-25(11-3)20(4)27(40-31)19-32-33(24(8)45)22(6)29(41-32)17-28-21(5)26(15-10-2)36(42-28)35(39(44)47)37(34)43-30/h17-20,25,40,43,45,47H,9-16H2,1-8H3/t20-,25-/m1/s1. The Hall–Kier alpha value is -4.33. The van der Waals surface area contributed by atoms with Gasteiger partial charge in [0.1, 0.15) is 0 Å². The second-order valence-electron chi connectivity index (χ2n) is 13.6. The van der Waals surface area contributed by atoms with Gasteiger partial charge in [0.25, 0.3) is 5.56 Å². The zero-order chi connectivity index (χ0) is 33.7. The molecule has 0 saturated carbocycles. The van der Waals surface area contributed by atoms with Gasteiger partial charge in [0.05, 0.1) is 44.5 Å². The largest absolute Gasteiger partial charge is 0.512 e. The molecule has 2 atom stereocenters. The summed E-state index contributed by atoms with van der Waals surface area (Å²) in [5.41, 5.74) is 10.2. The van der Waals surface area contributed by atoms with Crippen LogP contribution < -0.4 is 10.9 Å². The van der Waals surface area contributed by atoms with Crippen LogP contribution in [0.1, 0.15) is 139 Å². The number of H-pyrrole nitrogens is 2. The second-order valence-corrected chi connectivity index (χ2v) is 13.6. The third kappa shape index (κ3) is 5.35. The molecule has 6 rings (SSSR count). The smallest absolute Gasteiger partial charge is 0.263 e. The van der Waals surface area contributed by atoms with Gasteiger partial charge in [0.2, 0.25) is 5.88 Å². The van der Waals surface area contributed by atoms with Crippen molar-refractivity contribution in [3.05, 3.63) is 73.7 Å². The van der Waals surface area contributed by atoms with Gasteiger partial charge in [-0.05, 0) is 87.4 Å². The lowest BCUT2D eigenvalue weighted by atomic mass is 9.89. The number of aromatic nitrogens is 5. The predicted octanol–water partition coefficient (Wildman–Crippen LogP) is 8.85. The fourth-order valence-corrected chi connectivity index (χ4v) is 7.79. The summed E-state index contributed by atoms with van der Waals surface area (Å²) in [6.07, 6.45) is 6.58. The summed E-state index contributed by atoms with van der Waals surface area (Å²) >= 11 is 0. The van der Waals surface area contributed by atoms with E-state index in [-0.39, 0.29) is 29.0 Å². The monoisotopic (exact) mass is 635 g/mol. The van der Waals surface area contributed by atoms with Crippen molar-refractivity contribution in [2.45, 2.75) is 119 Å². The van der Waals surface area contributed by atoms with E-state index in [2.05, 4.69) is 56.7 Å². The van der Waals surface area contributed by atoms with Gasteiger partial charge in [-0.3, -0.25) is 9.36 Å². The highest BCUT2D eigenvalue weighted by atomic mass is 16.3. The Morgan fingerprint density at radius 3 is 2.36 bits per heavy atom. The van der Waals surface area contributed by atoms with Crippen LogP contribution in [0.5, 0.6) is 5.88 Å². The Balaban J connectivity index is 1.84. The van der Waals surface area contributed by atoms with Gasteiger partial charge in [0, 0.05) is 40.9 Å². The second kappa shape index (κ2) is 12.7. The van der Waals surface area contributed by atoms with Crippen molar-refractivity contribution in [2.24, 2.45) is 0 Å². The molecule has 0 aliphatic carbocycles. The highest BCUT2D eigenvalue weighted by molar-refractivity contribution is 6.09. The number of aliphatic hydroxyl groups is 1. The Morgan fingerprint density at radius 1 is 0.915 bits per heavy atom. The Morgan fingerprint density at radius 2 is 1.68 bits per heavy atom. The van der Waals surface area contributed by atoms with Crippen molar-refractivity contribution in [1.82, 2.24) is 24.5 Å². The molecule has 8 bridgehead atoms. The minimum atomic E-state index is -0.173. The minimum Gasteiger partial charge on any atom is -0.512 e. The molecule has 3 aliphatic heterocycles. The van der Waals surface area contributed by atoms with Gasteiger partial charge in [-0.25, -0.2) is 9.97 Å². The lowest BCUT2D eigenvalue weighted by Crippen LogP contribution is -2.21. The summed E-state index contributed by atoms with van der Waals surface area (Å²) in [4.78, 5) is 31.8. The highest BCUT2D eigenvalue weighted by Crippen LogP contribution is 2.42. The molecule has 4 N–H and O–H groups in total. The van der Waals surface area contributed by atoms with Gasteiger partial charge in [-0.1, -0.05) is 53.4 Å². The first-order valence-electron chi connectivity index (χ1n) is 17.4. The topological polar surface area (TPSA) is 120 Å². The summed E-state index contributed by atoms with van der Waals surface area (Å²) in [5.74, 6) is 0.618. The number of aliphatic hydroxyl groups excluding tert-OH is 1. The van der Waals surface area contributed by atoms with E-state index >= 15 is 0 Å². The maximum Gasteiger partial charge on any atom is 0.263 e. The molecule has 0 amide bonds. The number of allylic oxidation sites excluding steroid dienone is 4. The van der Waals surface area contributed by atoms with E-state index < -0.39 is 0 Å². The quantitative estimate of drug-likeness (QED) is 0.146. The molecule has 0 unspecified atom stereocenters. The van der Waals surface area contributed by atoms with Crippen LogP contribution in [0.3, 0.4) is 0 Å². The Bertz CT molecular complexity index is 2140. The molecule has 0 aromatic carbocycles. The molecule has 3 aliphatic rings. The normalized spacial score (nSPS) is 18.4. The van der Waals surface area contributed by atoms with Gasteiger partial charge >= 0.3 is 0 Å². The maximum absolute atomic E-state index is 14.2. The summed E-state index contributed by atoms with van der Waals surface area (Å²) in [7, 11) is 0. The first-order chi connectivity index (χ1) is 22.5. The number of aromatic hydroxyl groups is 1. The van der Waals surface area contributed by atoms with Crippen LogP contribution in [0.15, 0.2) is 28.8 Å². The van der Waals surface area contributed by atoms with E-state index in [0.29, 0.717) is 28.5 Å². The summed E-state index contributed by atoms with van der Waals surface area (Å²) in [6.45, 7) is 17.0. The van der Waals surface area contributed by atoms with Gasteiger partial charge < -0.3 is 20.2 Å². The SMILES string of the molecule is CCCCCCn1c(O)c2c3nc(cc4nc(cc5[nH]c(cc6[nH]c2c(c6C)c1=O)[C@H](CC)[C@H]5C)C(=C(C)O)C=4C)C(C)=C3CCC. The molecule has 8 heteroatoms. The van der Waals surface area contributed by atoms with E-state index in [1.54, 1.807) is 11.5 Å². The number of nitrogens with zero attached hydrogens (tertiary/aromatic N) is 3. The van der Waals surface area contributed by atoms with Crippen LogP contribution in [-0.4, -0.2) is 34.7 Å². The molecule has 8 nitrogen and oxygen atoms in total. The Kier molecular flexibility index (Phi) is 8.81. The van der Waals surface area contributed by atoms with Crippen LogP contribution in [0, 0.1) is 6.92 Å². The van der Waals surface area contributed by atoms with Crippen LogP contribution in [0.2, 0.25) is 0 Å². The fourth-order valence-electron chi connectivity index (χ4n) is 7.79. The van der Waals surface area contributed by atoms with E-state index in [1.807, 2.05) is 19.9 Å².